The second kappa shape index (κ2) is 8.88. The van der Waals surface area contributed by atoms with Gasteiger partial charge in [0, 0.05) is 31.4 Å². The summed E-state index contributed by atoms with van der Waals surface area (Å²) in [6, 6.07) is 18.2. The van der Waals surface area contributed by atoms with E-state index in [1.807, 2.05) is 49.5 Å². The smallest absolute Gasteiger partial charge is 0.238 e. The first-order valence-corrected chi connectivity index (χ1v) is 9.29. The van der Waals surface area contributed by atoms with Crippen molar-refractivity contribution in [3.63, 3.8) is 0 Å². The van der Waals surface area contributed by atoms with Gasteiger partial charge in [-0.1, -0.05) is 30.3 Å². The Morgan fingerprint density at radius 3 is 2.56 bits per heavy atom. The van der Waals surface area contributed by atoms with Gasteiger partial charge in [-0.25, -0.2) is 10.9 Å². The molecule has 6 nitrogen and oxygen atoms in total. The van der Waals surface area contributed by atoms with E-state index >= 15 is 0 Å². The van der Waals surface area contributed by atoms with Crippen LogP contribution in [-0.4, -0.2) is 38.7 Å². The van der Waals surface area contributed by atoms with Crippen molar-refractivity contribution in [2.24, 2.45) is 0 Å². The molecule has 0 radical (unpaired) electrons. The van der Waals surface area contributed by atoms with Gasteiger partial charge in [0.25, 0.3) is 0 Å². The number of carbonyl (C=O) groups is 1. The highest BCUT2D eigenvalue weighted by Gasteiger charge is 2.30. The van der Waals surface area contributed by atoms with E-state index in [-0.39, 0.29) is 24.0 Å². The number of ether oxygens (including phenoxy) is 1. The van der Waals surface area contributed by atoms with E-state index in [2.05, 4.69) is 40.1 Å². The van der Waals surface area contributed by atoms with E-state index in [0.717, 1.165) is 17.0 Å². The van der Waals surface area contributed by atoms with Crippen LogP contribution in [0.4, 0.5) is 5.69 Å². The number of amides is 1. The molecule has 2 aromatic carbocycles. The molecule has 6 heteroatoms. The minimum atomic E-state index is -0.244. The molecule has 1 aliphatic heterocycles. The fourth-order valence-corrected chi connectivity index (χ4v) is 3.21. The van der Waals surface area contributed by atoms with Gasteiger partial charge in [-0.15, -0.1) is 0 Å². The van der Waals surface area contributed by atoms with Gasteiger partial charge in [-0.3, -0.25) is 4.79 Å². The molecule has 2 aromatic rings. The van der Waals surface area contributed by atoms with E-state index < -0.39 is 0 Å². The molecule has 1 saturated heterocycles. The summed E-state index contributed by atoms with van der Waals surface area (Å²) in [6.45, 7) is 2.70. The van der Waals surface area contributed by atoms with Crippen molar-refractivity contribution in [2.75, 3.05) is 25.6 Å². The normalized spacial score (nSPS) is 20.1. The van der Waals surface area contributed by atoms with Crippen molar-refractivity contribution in [1.29, 1.82) is 0 Å². The summed E-state index contributed by atoms with van der Waals surface area (Å²) >= 11 is 0. The van der Waals surface area contributed by atoms with Crippen LogP contribution >= 0.6 is 0 Å². The molecule has 1 heterocycles. The number of likely N-dealkylation sites (N-methyl/N-ethyl adjacent to an activating group) is 1. The number of benzene rings is 2. The number of hydrogen-bond donors (Lipinski definition) is 3. The maximum absolute atomic E-state index is 12.5. The number of carbonyl (C=O) groups excluding carboxylic acids is 1. The molecule has 3 N–H and O–H groups in total. The predicted molar refractivity (Wildman–Crippen MR) is 108 cm³/mol. The second-order valence-corrected chi connectivity index (χ2v) is 6.94. The van der Waals surface area contributed by atoms with E-state index in [4.69, 9.17) is 4.74 Å². The van der Waals surface area contributed by atoms with Gasteiger partial charge >= 0.3 is 0 Å². The van der Waals surface area contributed by atoms with E-state index in [1.165, 1.54) is 0 Å². The molecule has 0 aliphatic carbocycles. The standard InChI is InChI=1S/C21H28N4O2/c1-15(25(2)17-7-5-4-6-8-17)14-22-21(26)20-13-19(23-24-20)16-9-11-18(27-3)12-10-16/h4-12,15,19-20,23-24H,13-14H2,1-3H3,(H,22,26). The summed E-state index contributed by atoms with van der Waals surface area (Å²) in [5.74, 6) is 0.849. The number of anilines is 1. The Balaban J connectivity index is 1.48. The van der Waals surface area contributed by atoms with Crippen LogP contribution in [0.25, 0.3) is 0 Å². The van der Waals surface area contributed by atoms with Crippen molar-refractivity contribution in [3.05, 3.63) is 60.2 Å². The van der Waals surface area contributed by atoms with Gasteiger partial charge in [0.15, 0.2) is 0 Å². The molecule has 27 heavy (non-hydrogen) atoms. The Morgan fingerprint density at radius 2 is 1.89 bits per heavy atom. The van der Waals surface area contributed by atoms with Crippen LogP contribution in [0.2, 0.25) is 0 Å². The molecule has 1 amide bonds. The van der Waals surface area contributed by atoms with E-state index in [0.29, 0.717) is 13.0 Å². The molecular formula is C21H28N4O2. The van der Waals surface area contributed by atoms with Crippen molar-refractivity contribution in [1.82, 2.24) is 16.2 Å². The third kappa shape index (κ3) is 4.78. The van der Waals surface area contributed by atoms with Gasteiger partial charge in [0.05, 0.1) is 7.11 Å². The highest BCUT2D eigenvalue weighted by atomic mass is 16.5. The van der Waals surface area contributed by atoms with Crippen molar-refractivity contribution in [2.45, 2.75) is 31.5 Å². The molecule has 3 atom stereocenters. The van der Waals surface area contributed by atoms with Crippen LogP contribution in [0.3, 0.4) is 0 Å². The molecule has 0 spiro atoms. The van der Waals surface area contributed by atoms with Gasteiger partial charge in [0.2, 0.25) is 5.91 Å². The Labute approximate surface area is 160 Å². The largest absolute Gasteiger partial charge is 0.497 e. The Bertz CT molecular complexity index is 736. The van der Waals surface area contributed by atoms with Crippen LogP contribution in [-0.2, 0) is 4.79 Å². The number of nitrogens with one attached hydrogen (secondary N) is 3. The number of methoxy groups -OCH3 is 1. The zero-order valence-corrected chi connectivity index (χ0v) is 16.1. The number of hydrogen-bond acceptors (Lipinski definition) is 5. The molecule has 0 saturated carbocycles. The maximum Gasteiger partial charge on any atom is 0.238 e. The molecule has 3 unspecified atom stereocenters. The molecule has 1 aliphatic rings. The SMILES string of the molecule is COc1ccc(C2CC(C(=O)NCC(C)N(C)c3ccccc3)NN2)cc1. The molecular weight excluding hydrogens is 340 g/mol. The third-order valence-corrected chi connectivity index (χ3v) is 5.13. The molecule has 144 valence electrons. The summed E-state index contributed by atoms with van der Waals surface area (Å²) in [7, 11) is 3.70. The minimum absolute atomic E-state index is 0.0202. The number of para-hydroxylation sites is 1. The average Bonchev–Trinajstić information content (AvgIpc) is 3.22. The first kappa shape index (κ1) is 19.2. The predicted octanol–water partition coefficient (Wildman–Crippen LogP) is 2.24. The number of hydrazine groups is 1. The monoisotopic (exact) mass is 368 g/mol. The maximum atomic E-state index is 12.5. The van der Waals surface area contributed by atoms with Crippen LogP contribution in [0, 0.1) is 0 Å². The van der Waals surface area contributed by atoms with Crippen LogP contribution < -0.4 is 25.8 Å². The molecule has 1 fully saturated rings. The zero-order valence-electron chi connectivity index (χ0n) is 16.1. The number of rotatable bonds is 7. The Morgan fingerprint density at radius 1 is 1.19 bits per heavy atom. The van der Waals surface area contributed by atoms with Crippen LogP contribution in [0.1, 0.15) is 24.9 Å². The Kier molecular flexibility index (Phi) is 6.32. The highest BCUT2D eigenvalue weighted by molar-refractivity contribution is 5.82. The van der Waals surface area contributed by atoms with Gasteiger partial charge in [-0.2, -0.15) is 0 Å². The molecule has 0 bridgehead atoms. The van der Waals surface area contributed by atoms with Gasteiger partial charge < -0.3 is 15.0 Å². The average molecular weight is 368 g/mol. The molecule has 3 rings (SSSR count). The topological polar surface area (TPSA) is 65.6 Å². The van der Waals surface area contributed by atoms with E-state index in [1.54, 1.807) is 7.11 Å². The first-order valence-electron chi connectivity index (χ1n) is 9.29. The second-order valence-electron chi connectivity index (χ2n) is 6.94. The summed E-state index contributed by atoms with van der Waals surface area (Å²) < 4.78 is 5.19. The lowest BCUT2D eigenvalue weighted by molar-refractivity contribution is -0.122. The summed E-state index contributed by atoms with van der Waals surface area (Å²) in [5, 5.41) is 3.06. The fraction of sp³-hybridized carbons (Fsp3) is 0.381. The third-order valence-electron chi connectivity index (χ3n) is 5.13. The Hall–Kier alpha value is -2.57. The molecule has 0 aromatic heterocycles. The number of nitrogens with zero attached hydrogens (tertiary/aromatic N) is 1. The fourth-order valence-electron chi connectivity index (χ4n) is 3.21. The quantitative estimate of drug-likeness (QED) is 0.700. The summed E-state index contributed by atoms with van der Waals surface area (Å²) in [4.78, 5) is 14.7. The summed E-state index contributed by atoms with van der Waals surface area (Å²) in [5.41, 5.74) is 8.60. The van der Waals surface area contributed by atoms with Gasteiger partial charge in [-0.05, 0) is 43.2 Å². The first-order chi connectivity index (χ1) is 13.1. The lowest BCUT2D eigenvalue weighted by Crippen LogP contribution is -2.47. The van der Waals surface area contributed by atoms with Crippen LogP contribution in [0.5, 0.6) is 5.75 Å². The lowest BCUT2D eigenvalue weighted by atomic mass is 10.0. The van der Waals surface area contributed by atoms with E-state index in [9.17, 15) is 4.79 Å². The van der Waals surface area contributed by atoms with Crippen molar-refractivity contribution >= 4 is 11.6 Å². The van der Waals surface area contributed by atoms with Crippen LogP contribution in [0.15, 0.2) is 54.6 Å². The van der Waals surface area contributed by atoms with Crippen molar-refractivity contribution < 1.29 is 9.53 Å². The van der Waals surface area contributed by atoms with Gasteiger partial charge in [0.1, 0.15) is 11.8 Å². The zero-order chi connectivity index (χ0) is 19.2. The highest BCUT2D eigenvalue weighted by Crippen LogP contribution is 2.24. The lowest BCUT2D eigenvalue weighted by Gasteiger charge is -2.27. The van der Waals surface area contributed by atoms with Crippen molar-refractivity contribution in [3.8, 4) is 5.75 Å². The minimum Gasteiger partial charge on any atom is -0.497 e. The summed E-state index contributed by atoms with van der Waals surface area (Å²) in [6.07, 6.45) is 0.709.